The molecule has 0 unspecified atom stereocenters. The summed E-state index contributed by atoms with van der Waals surface area (Å²) in [7, 11) is 0. The topological polar surface area (TPSA) is 77.1 Å². The second kappa shape index (κ2) is 8.31. The third-order valence-corrected chi connectivity index (χ3v) is 5.59. The summed E-state index contributed by atoms with van der Waals surface area (Å²) in [5.74, 6) is -0.160. The van der Waals surface area contributed by atoms with E-state index in [9.17, 15) is 9.59 Å². The first-order valence-corrected chi connectivity index (χ1v) is 9.78. The first-order chi connectivity index (χ1) is 13.0. The number of hydrogen-bond donors (Lipinski definition) is 2. The van der Waals surface area contributed by atoms with E-state index < -0.39 is 0 Å². The van der Waals surface area contributed by atoms with Gasteiger partial charge in [0.2, 0.25) is 5.91 Å². The number of thioether (sulfide) groups is 1. The predicted octanol–water partition coefficient (Wildman–Crippen LogP) is 3.27. The summed E-state index contributed by atoms with van der Waals surface area (Å²) in [5, 5.41) is 4.06. The lowest BCUT2D eigenvalue weighted by atomic mass is 10.1. The van der Waals surface area contributed by atoms with Crippen molar-refractivity contribution in [3.8, 4) is 0 Å². The van der Waals surface area contributed by atoms with E-state index in [0.717, 1.165) is 21.4 Å². The number of nitrogens with zero attached hydrogens (tertiary/aromatic N) is 1. The minimum Gasteiger partial charge on any atom is -0.369 e. The number of carbonyl (C=O) groups excluding carboxylic acids is 2. The number of benzene rings is 2. The number of primary amides is 1. The van der Waals surface area contributed by atoms with Crippen LogP contribution in [0.2, 0.25) is 0 Å². The lowest BCUT2D eigenvalue weighted by molar-refractivity contribution is -0.115. The maximum Gasteiger partial charge on any atom is 0.251 e. The standard InChI is InChI=1S/C21H23N3O2S/c1-14-7-8-16(11-15(14)2)21(26)23-9-10-24-12-19(27-13-20(22)25)17-5-3-4-6-18(17)24/h3-8,11-12H,9-10,13H2,1-2H3,(H2,22,25)(H,23,26). The van der Waals surface area contributed by atoms with Crippen LogP contribution in [0.3, 0.4) is 0 Å². The van der Waals surface area contributed by atoms with Gasteiger partial charge in [0.15, 0.2) is 0 Å². The van der Waals surface area contributed by atoms with E-state index >= 15 is 0 Å². The largest absolute Gasteiger partial charge is 0.369 e. The molecule has 6 heteroatoms. The molecule has 1 heterocycles. The lowest BCUT2D eigenvalue weighted by Gasteiger charge is -2.09. The molecular formula is C21H23N3O2S. The van der Waals surface area contributed by atoms with Gasteiger partial charge >= 0.3 is 0 Å². The van der Waals surface area contributed by atoms with Gasteiger partial charge in [-0.15, -0.1) is 11.8 Å². The van der Waals surface area contributed by atoms with E-state index in [0.29, 0.717) is 18.7 Å². The van der Waals surface area contributed by atoms with Crippen molar-refractivity contribution in [2.75, 3.05) is 12.3 Å². The Morgan fingerprint density at radius 3 is 2.63 bits per heavy atom. The van der Waals surface area contributed by atoms with Gasteiger partial charge < -0.3 is 15.6 Å². The SMILES string of the molecule is Cc1ccc(C(=O)NCCn2cc(SCC(N)=O)c3ccccc32)cc1C. The summed E-state index contributed by atoms with van der Waals surface area (Å²) >= 11 is 1.44. The van der Waals surface area contributed by atoms with Crippen LogP contribution in [-0.4, -0.2) is 28.7 Å². The zero-order valence-corrected chi connectivity index (χ0v) is 16.3. The van der Waals surface area contributed by atoms with E-state index in [-0.39, 0.29) is 17.6 Å². The summed E-state index contributed by atoms with van der Waals surface area (Å²) in [6.45, 7) is 5.20. The van der Waals surface area contributed by atoms with E-state index in [4.69, 9.17) is 5.73 Å². The molecule has 27 heavy (non-hydrogen) atoms. The Balaban J connectivity index is 1.68. The number of rotatable bonds is 7. The molecule has 0 bridgehead atoms. The van der Waals surface area contributed by atoms with Crippen LogP contribution >= 0.6 is 11.8 Å². The summed E-state index contributed by atoms with van der Waals surface area (Å²) in [6, 6.07) is 13.7. The molecule has 0 saturated carbocycles. The minimum atomic E-state index is -0.336. The second-order valence-corrected chi connectivity index (χ2v) is 7.53. The average Bonchev–Trinajstić information content (AvgIpc) is 3.00. The zero-order chi connectivity index (χ0) is 19.4. The fourth-order valence-electron chi connectivity index (χ4n) is 2.94. The number of amides is 2. The third kappa shape index (κ3) is 4.52. The van der Waals surface area contributed by atoms with E-state index in [2.05, 4.69) is 9.88 Å². The van der Waals surface area contributed by atoms with Gasteiger partial charge in [-0.05, 0) is 43.2 Å². The molecule has 5 nitrogen and oxygen atoms in total. The molecule has 1 aromatic heterocycles. The fraction of sp³-hybridized carbons (Fsp3) is 0.238. The molecule has 0 aliphatic heterocycles. The van der Waals surface area contributed by atoms with Crippen molar-refractivity contribution >= 4 is 34.5 Å². The average molecular weight is 382 g/mol. The smallest absolute Gasteiger partial charge is 0.251 e. The van der Waals surface area contributed by atoms with Gasteiger partial charge in [0.1, 0.15) is 0 Å². The van der Waals surface area contributed by atoms with Crippen molar-refractivity contribution in [3.05, 3.63) is 65.4 Å². The highest BCUT2D eigenvalue weighted by Crippen LogP contribution is 2.29. The molecule has 0 radical (unpaired) electrons. The number of nitrogens with one attached hydrogen (secondary N) is 1. The summed E-state index contributed by atoms with van der Waals surface area (Å²) in [6.07, 6.45) is 2.01. The lowest BCUT2D eigenvalue weighted by Crippen LogP contribution is -2.27. The van der Waals surface area contributed by atoms with Crippen molar-refractivity contribution in [3.63, 3.8) is 0 Å². The number of aryl methyl sites for hydroxylation is 2. The van der Waals surface area contributed by atoms with Crippen molar-refractivity contribution in [1.82, 2.24) is 9.88 Å². The zero-order valence-electron chi connectivity index (χ0n) is 15.5. The van der Waals surface area contributed by atoms with Gasteiger partial charge in [0, 0.05) is 40.6 Å². The number of fused-ring (bicyclic) bond motifs is 1. The van der Waals surface area contributed by atoms with Crippen LogP contribution in [0, 0.1) is 13.8 Å². The fourth-order valence-corrected chi connectivity index (χ4v) is 3.76. The van der Waals surface area contributed by atoms with E-state index in [1.54, 1.807) is 0 Å². The number of nitrogens with two attached hydrogens (primary N) is 1. The van der Waals surface area contributed by atoms with Gasteiger partial charge in [0.25, 0.3) is 5.91 Å². The monoisotopic (exact) mass is 381 g/mol. The first kappa shape index (κ1) is 19.0. The minimum absolute atomic E-state index is 0.0714. The molecule has 2 aromatic carbocycles. The third-order valence-electron chi connectivity index (χ3n) is 4.53. The van der Waals surface area contributed by atoms with Crippen LogP contribution in [0.25, 0.3) is 10.9 Å². The Kier molecular flexibility index (Phi) is 5.86. The van der Waals surface area contributed by atoms with Crippen LogP contribution in [0.1, 0.15) is 21.5 Å². The van der Waals surface area contributed by atoms with Crippen LogP contribution < -0.4 is 11.1 Å². The summed E-state index contributed by atoms with van der Waals surface area (Å²) in [5.41, 5.74) is 9.29. The van der Waals surface area contributed by atoms with Crippen LogP contribution in [0.5, 0.6) is 0 Å². The summed E-state index contributed by atoms with van der Waals surface area (Å²) < 4.78 is 2.10. The molecule has 3 aromatic rings. The Bertz CT molecular complexity index is 994. The molecule has 0 fully saturated rings. The molecule has 0 spiro atoms. The number of carbonyl (C=O) groups is 2. The van der Waals surface area contributed by atoms with Crippen molar-refractivity contribution < 1.29 is 9.59 Å². The second-order valence-electron chi connectivity index (χ2n) is 6.51. The van der Waals surface area contributed by atoms with Crippen LogP contribution in [0.4, 0.5) is 0 Å². The van der Waals surface area contributed by atoms with Gasteiger partial charge in [0.05, 0.1) is 5.75 Å². The number of hydrogen-bond acceptors (Lipinski definition) is 3. The highest BCUT2D eigenvalue weighted by Gasteiger charge is 2.11. The van der Waals surface area contributed by atoms with Gasteiger partial charge in [-0.2, -0.15) is 0 Å². The van der Waals surface area contributed by atoms with Gasteiger partial charge in [-0.1, -0.05) is 24.3 Å². The van der Waals surface area contributed by atoms with Crippen LogP contribution in [0.15, 0.2) is 53.6 Å². The van der Waals surface area contributed by atoms with Crippen molar-refractivity contribution in [1.29, 1.82) is 0 Å². The quantitative estimate of drug-likeness (QED) is 0.617. The molecule has 0 atom stereocenters. The highest BCUT2D eigenvalue weighted by atomic mass is 32.2. The highest BCUT2D eigenvalue weighted by molar-refractivity contribution is 8.00. The maximum absolute atomic E-state index is 12.4. The number of aromatic nitrogens is 1. The molecule has 3 rings (SSSR count). The molecular weight excluding hydrogens is 358 g/mol. The Morgan fingerprint density at radius 1 is 1.11 bits per heavy atom. The molecule has 0 saturated heterocycles. The van der Waals surface area contributed by atoms with Crippen LogP contribution in [-0.2, 0) is 11.3 Å². The Hall–Kier alpha value is -2.73. The van der Waals surface area contributed by atoms with Gasteiger partial charge in [-0.25, -0.2) is 0 Å². The number of para-hydroxylation sites is 1. The van der Waals surface area contributed by atoms with Gasteiger partial charge in [-0.3, -0.25) is 9.59 Å². The molecule has 2 amide bonds. The molecule has 0 aliphatic rings. The first-order valence-electron chi connectivity index (χ1n) is 8.80. The Labute approximate surface area is 162 Å². The molecule has 0 aliphatic carbocycles. The van der Waals surface area contributed by atoms with Crippen molar-refractivity contribution in [2.45, 2.75) is 25.3 Å². The predicted molar refractivity (Wildman–Crippen MR) is 110 cm³/mol. The normalized spacial score (nSPS) is 10.9. The maximum atomic E-state index is 12.4. The van der Waals surface area contributed by atoms with E-state index in [1.807, 2.05) is 62.5 Å². The Morgan fingerprint density at radius 2 is 1.89 bits per heavy atom. The molecule has 140 valence electrons. The summed E-state index contributed by atoms with van der Waals surface area (Å²) in [4.78, 5) is 24.5. The molecule has 3 N–H and O–H groups in total. The van der Waals surface area contributed by atoms with E-state index in [1.165, 1.54) is 17.3 Å². The van der Waals surface area contributed by atoms with Crippen molar-refractivity contribution in [2.24, 2.45) is 5.73 Å².